The van der Waals surface area contributed by atoms with E-state index in [9.17, 15) is 34.2 Å². The van der Waals surface area contributed by atoms with Gasteiger partial charge in [-0.2, -0.15) is 0 Å². The van der Waals surface area contributed by atoms with Crippen LogP contribution in [-0.2, 0) is 42.9 Å². The number of methoxy groups -OCH3 is 2. The third-order valence-electron chi connectivity index (χ3n) is 16.6. The van der Waals surface area contributed by atoms with Crippen LogP contribution in [0.4, 0.5) is 0 Å². The van der Waals surface area contributed by atoms with Crippen LogP contribution in [0.5, 0.6) is 0 Å². The molecule has 9 fully saturated rings. The number of rotatable bonds is 6. The lowest BCUT2D eigenvalue weighted by molar-refractivity contribution is -0.205. The predicted molar refractivity (Wildman–Crippen MR) is 193 cm³/mol. The first kappa shape index (κ1) is 37.4. The summed E-state index contributed by atoms with van der Waals surface area (Å²) in [6.07, 6.45) is 5.23. The molecule has 300 valence electrons. The molecule has 0 aromatic heterocycles. The molecule has 6 aliphatic carbocycles. The number of likely N-dealkylation sites (tertiary alicyclic amines) is 1. The minimum absolute atomic E-state index is 0.0896. The smallest absolute Gasteiger partial charge is 0.323 e. The fraction of sp³-hybridized carbons (Fsp3) is 0.786. The number of fused-ring (bicyclic) bond motifs is 10. The number of nitrogens with zero attached hydrogens (tertiary/aromatic N) is 1. The zero-order valence-corrected chi connectivity index (χ0v) is 32.0. The fourth-order valence-corrected chi connectivity index (χ4v) is 14.2. The fourth-order valence-electron chi connectivity index (χ4n) is 14.2. The van der Waals surface area contributed by atoms with E-state index in [1.165, 1.54) is 14.2 Å². The van der Waals surface area contributed by atoms with Gasteiger partial charge in [-0.15, -0.1) is 0 Å². The number of hydrogen-bond donors (Lipinski definition) is 3. The number of aliphatic hydroxyl groups is 2. The molecule has 5 unspecified atom stereocenters. The molecule has 16 atom stereocenters. The molecule has 13 heteroatoms. The van der Waals surface area contributed by atoms with Gasteiger partial charge in [-0.25, -0.2) is 0 Å². The van der Waals surface area contributed by atoms with E-state index >= 15 is 0 Å². The van der Waals surface area contributed by atoms with Crippen molar-refractivity contribution in [3.8, 4) is 0 Å². The van der Waals surface area contributed by atoms with Crippen LogP contribution in [0.3, 0.4) is 0 Å². The predicted octanol–water partition coefficient (Wildman–Crippen LogP) is 2.41. The molecule has 55 heavy (non-hydrogen) atoms. The summed E-state index contributed by atoms with van der Waals surface area (Å²) in [5, 5.41) is 30.1. The number of ketones is 1. The third kappa shape index (κ3) is 5.07. The van der Waals surface area contributed by atoms with Crippen molar-refractivity contribution in [1.82, 2.24) is 10.2 Å². The first-order valence-electron chi connectivity index (χ1n) is 20.7. The Hall–Kier alpha value is -3.13. The molecule has 0 radical (unpaired) electrons. The van der Waals surface area contributed by atoms with Crippen LogP contribution >= 0.6 is 0 Å². The number of Topliss-reactive ketones (excluding diaryl/α,β-unsaturated/α-hetero) is 1. The van der Waals surface area contributed by atoms with Crippen molar-refractivity contribution in [2.45, 2.75) is 125 Å². The van der Waals surface area contributed by atoms with Crippen molar-refractivity contribution < 1.29 is 53.1 Å². The molecular formula is C42H56N2O11. The maximum Gasteiger partial charge on any atom is 0.323 e. The van der Waals surface area contributed by atoms with Gasteiger partial charge in [0.05, 0.1) is 31.5 Å². The monoisotopic (exact) mass is 764 g/mol. The van der Waals surface area contributed by atoms with Crippen molar-refractivity contribution in [2.24, 2.45) is 52.8 Å². The summed E-state index contributed by atoms with van der Waals surface area (Å²) >= 11 is 0. The number of carbonyl (C=O) groups excluding carboxylic acids is 5. The van der Waals surface area contributed by atoms with Crippen LogP contribution in [0.2, 0.25) is 0 Å². The van der Waals surface area contributed by atoms with Gasteiger partial charge in [-0.05, 0) is 89.0 Å². The number of allylic oxidation sites excluding steroid dienone is 2. The highest BCUT2D eigenvalue weighted by atomic mass is 16.6. The van der Waals surface area contributed by atoms with Gasteiger partial charge < -0.3 is 34.5 Å². The Kier molecular flexibility index (Phi) is 8.99. The van der Waals surface area contributed by atoms with E-state index in [1.54, 1.807) is 0 Å². The van der Waals surface area contributed by atoms with Crippen molar-refractivity contribution in [1.29, 1.82) is 0 Å². The summed E-state index contributed by atoms with van der Waals surface area (Å²) in [5.74, 6) is -5.08. The Labute approximate surface area is 321 Å². The molecule has 0 aromatic carbocycles. The number of nitrogens with one attached hydrogen (secondary N) is 1. The Balaban J connectivity index is 1.04. The highest BCUT2D eigenvalue weighted by molar-refractivity contribution is 5.91. The molecule has 9 rings (SSSR count). The first-order chi connectivity index (χ1) is 26.3. The zero-order chi connectivity index (χ0) is 38.8. The lowest BCUT2D eigenvalue weighted by atomic mass is 9.59. The average molecular weight is 765 g/mol. The van der Waals surface area contributed by atoms with E-state index in [2.05, 4.69) is 18.5 Å². The molecule has 3 saturated heterocycles. The standard InChI is InChI=1S/C42H56N2O11/c1-20-11-13-24-33(43-28-8-5-7-23(28)36(46)52-3)39(49)55-35(24)31-25(20)17-30(45)40(31)14-15-41(50)32-26(18-42(40,41)51)21(2)10-12-22-27(37(47)54-34(22)32)19-44-16-6-9-29(44)38(48)53-4/h22-29,31-35,43,50-51H,1-2,5-19H2,3-4H3/t22-,23?,24-,25-,26-,27?,28?,29?,31-,32-,33?,34-,35-,40+,41-,42-/m0/s1. The molecule has 13 nitrogen and oxygen atoms in total. The van der Waals surface area contributed by atoms with Crippen molar-refractivity contribution in [3.05, 3.63) is 24.3 Å². The summed E-state index contributed by atoms with van der Waals surface area (Å²) in [5.41, 5.74) is -3.35. The van der Waals surface area contributed by atoms with Crippen LogP contribution in [0.1, 0.15) is 83.5 Å². The van der Waals surface area contributed by atoms with Gasteiger partial charge in [0.15, 0.2) is 0 Å². The first-order valence-corrected chi connectivity index (χ1v) is 20.7. The van der Waals surface area contributed by atoms with Crippen molar-refractivity contribution in [3.63, 3.8) is 0 Å². The lowest BCUT2D eigenvalue weighted by Crippen LogP contribution is -2.63. The van der Waals surface area contributed by atoms with Crippen LogP contribution in [0, 0.1) is 52.8 Å². The molecule has 3 heterocycles. The third-order valence-corrected chi connectivity index (χ3v) is 16.6. The summed E-state index contributed by atoms with van der Waals surface area (Å²) < 4.78 is 22.8. The van der Waals surface area contributed by atoms with E-state index in [1.807, 2.05) is 4.90 Å². The molecule has 0 aromatic rings. The molecule has 3 N–H and O–H groups in total. The number of ether oxygens (including phenoxy) is 4. The van der Waals surface area contributed by atoms with Crippen molar-refractivity contribution >= 4 is 29.7 Å². The van der Waals surface area contributed by atoms with E-state index in [0.717, 1.165) is 30.4 Å². The average Bonchev–Trinajstić information content (AvgIpc) is 4.01. The molecule has 9 aliphatic rings. The quantitative estimate of drug-likeness (QED) is 0.204. The number of hydrogen-bond acceptors (Lipinski definition) is 13. The second-order valence-electron chi connectivity index (χ2n) is 18.5. The molecule has 6 saturated carbocycles. The van der Waals surface area contributed by atoms with Gasteiger partial charge in [-0.1, -0.05) is 30.7 Å². The second-order valence-corrected chi connectivity index (χ2v) is 18.5. The van der Waals surface area contributed by atoms with Crippen molar-refractivity contribution in [2.75, 3.05) is 27.3 Å². The Bertz CT molecular complexity index is 1710. The van der Waals surface area contributed by atoms with Gasteiger partial charge >= 0.3 is 23.9 Å². The molecule has 0 bridgehead atoms. The van der Waals surface area contributed by atoms with Gasteiger partial charge in [0, 0.05) is 42.7 Å². The normalized spacial score (nSPS) is 48.8. The lowest BCUT2D eigenvalue weighted by Gasteiger charge is -2.48. The van der Waals surface area contributed by atoms with Crippen LogP contribution in [-0.4, -0.2) is 114 Å². The Morgan fingerprint density at radius 3 is 2.29 bits per heavy atom. The van der Waals surface area contributed by atoms with E-state index < -0.39 is 70.5 Å². The molecule has 0 amide bonds. The Morgan fingerprint density at radius 2 is 1.55 bits per heavy atom. The van der Waals surface area contributed by atoms with Gasteiger partial charge in [-0.3, -0.25) is 28.9 Å². The zero-order valence-electron chi connectivity index (χ0n) is 32.0. The molecule has 3 aliphatic heterocycles. The number of carbonyl (C=O) groups is 5. The SMILES string of the molecule is C=C1CC[C@H]2C(CN3CCCC3C(=O)OC)C(=O)O[C@@H]2[C@@H]2[C@H]1C[C@@]1(O)[C@]2(O)CC[C@]12C(=O)C[C@H]1C(=C)CC[C@H]3C(NC4CCCC4C(=O)OC)C(=O)O[C@@H]3[C@H]12. The highest BCUT2D eigenvalue weighted by Gasteiger charge is 2.83. The van der Waals surface area contributed by atoms with E-state index in [0.29, 0.717) is 51.6 Å². The highest BCUT2D eigenvalue weighted by Crippen LogP contribution is 2.74. The summed E-state index contributed by atoms with van der Waals surface area (Å²) in [6.45, 7) is 9.93. The maximum atomic E-state index is 14.8. The van der Waals surface area contributed by atoms with Gasteiger partial charge in [0.1, 0.15) is 41.3 Å². The molecule has 1 spiro atoms. The maximum absolute atomic E-state index is 14.8. The number of esters is 4. The largest absolute Gasteiger partial charge is 0.469 e. The van der Waals surface area contributed by atoms with E-state index in [4.69, 9.17) is 18.9 Å². The topological polar surface area (TPSA) is 178 Å². The van der Waals surface area contributed by atoms with Crippen LogP contribution in [0.15, 0.2) is 24.3 Å². The van der Waals surface area contributed by atoms with Gasteiger partial charge in [0.25, 0.3) is 0 Å². The second kappa shape index (κ2) is 13.2. The van der Waals surface area contributed by atoms with Crippen LogP contribution in [0.25, 0.3) is 0 Å². The minimum Gasteiger partial charge on any atom is -0.469 e. The summed E-state index contributed by atoms with van der Waals surface area (Å²) in [4.78, 5) is 69.8. The Morgan fingerprint density at radius 1 is 0.855 bits per heavy atom. The van der Waals surface area contributed by atoms with Gasteiger partial charge in [0.2, 0.25) is 0 Å². The summed E-state index contributed by atoms with van der Waals surface area (Å²) in [6, 6.07) is -1.37. The van der Waals surface area contributed by atoms with E-state index in [-0.39, 0.29) is 79.1 Å². The minimum atomic E-state index is -1.90. The van der Waals surface area contributed by atoms with Crippen LogP contribution < -0.4 is 5.32 Å². The molecular weight excluding hydrogens is 708 g/mol. The summed E-state index contributed by atoms with van der Waals surface area (Å²) in [7, 11) is 2.75.